The summed E-state index contributed by atoms with van der Waals surface area (Å²) in [6, 6.07) is 1.63. The second-order valence-electron chi connectivity index (χ2n) is 4.54. The van der Waals surface area contributed by atoms with Crippen LogP contribution >= 0.6 is 0 Å². The molecule has 2 rings (SSSR count). The predicted molar refractivity (Wildman–Crippen MR) is 68.4 cm³/mol. The van der Waals surface area contributed by atoms with Gasteiger partial charge in [0.2, 0.25) is 0 Å². The first kappa shape index (κ1) is 13.7. The highest BCUT2D eigenvalue weighted by Crippen LogP contribution is 2.22. The Labute approximate surface area is 111 Å². The van der Waals surface area contributed by atoms with E-state index in [1.807, 2.05) is 4.90 Å². The summed E-state index contributed by atoms with van der Waals surface area (Å²) in [6.07, 6.45) is 3.09. The second-order valence-corrected chi connectivity index (χ2v) is 4.54. The summed E-state index contributed by atoms with van der Waals surface area (Å²) in [5.74, 6) is 0.390. The number of hydrogen-bond acceptors (Lipinski definition) is 5. The molecule has 0 saturated carbocycles. The lowest BCUT2D eigenvalue weighted by Gasteiger charge is -2.32. The van der Waals surface area contributed by atoms with Crippen LogP contribution in [0.3, 0.4) is 0 Å². The Kier molecular flexibility index (Phi) is 4.65. The van der Waals surface area contributed by atoms with Crippen molar-refractivity contribution >= 4 is 11.8 Å². The number of esters is 1. The maximum Gasteiger partial charge on any atom is 0.310 e. The molecular weight excluding hydrogens is 249 g/mol. The molecule has 1 aliphatic heterocycles. The number of carbonyl (C=O) groups is 1. The summed E-state index contributed by atoms with van der Waals surface area (Å²) in [6.45, 7) is 2.98. The summed E-state index contributed by atoms with van der Waals surface area (Å²) in [7, 11) is 0. The Balaban J connectivity index is 2.05. The van der Waals surface area contributed by atoms with Gasteiger partial charge in [-0.1, -0.05) is 0 Å². The molecule has 1 aromatic rings. The van der Waals surface area contributed by atoms with E-state index in [4.69, 9.17) is 4.74 Å². The highest BCUT2D eigenvalue weighted by molar-refractivity contribution is 5.73. The molecule has 6 heteroatoms. The SMILES string of the molecule is CCOC(=O)C1CCCN(c2cc(CF)ncn2)C1. The van der Waals surface area contributed by atoms with Gasteiger partial charge in [-0.2, -0.15) is 0 Å². The first-order valence-electron chi connectivity index (χ1n) is 6.53. The molecule has 0 spiro atoms. The van der Waals surface area contributed by atoms with Gasteiger partial charge in [0.1, 0.15) is 18.8 Å². The molecule has 1 atom stereocenters. The number of carbonyl (C=O) groups excluding carboxylic acids is 1. The smallest absolute Gasteiger partial charge is 0.310 e. The van der Waals surface area contributed by atoms with Gasteiger partial charge in [0.25, 0.3) is 0 Å². The number of hydrogen-bond donors (Lipinski definition) is 0. The van der Waals surface area contributed by atoms with Crippen molar-refractivity contribution in [1.82, 2.24) is 9.97 Å². The van der Waals surface area contributed by atoms with Crippen LogP contribution in [0.15, 0.2) is 12.4 Å². The van der Waals surface area contributed by atoms with E-state index in [9.17, 15) is 9.18 Å². The summed E-state index contributed by atoms with van der Waals surface area (Å²) in [4.78, 5) is 21.7. The van der Waals surface area contributed by atoms with E-state index < -0.39 is 6.67 Å². The molecular formula is C13H18FN3O2. The molecule has 0 bridgehead atoms. The van der Waals surface area contributed by atoms with Crippen molar-refractivity contribution < 1.29 is 13.9 Å². The average molecular weight is 267 g/mol. The zero-order valence-electron chi connectivity index (χ0n) is 11.0. The quantitative estimate of drug-likeness (QED) is 0.778. The molecule has 5 nitrogen and oxygen atoms in total. The van der Waals surface area contributed by atoms with Gasteiger partial charge in [-0.25, -0.2) is 14.4 Å². The number of anilines is 1. The standard InChI is InChI=1S/C13H18FN3O2/c1-2-19-13(18)10-4-3-5-17(8-10)12-6-11(7-14)15-9-16-12/h6,9-10H,2-5,7-8H2,1H3. The van der Waals surface area contributed by atoms with Crippen LogP contribution in [0.4, 0.5) is 10.2 Å². The Hall–Kier alpha value is -1.72. The third-order valence-corrected chi connectivity index (χ3v) is 3.21. The van der Waals surface area contributed by atoms with E-state index in [1.54, 1.807) is 13.0 Å². The van der Waals surface area contributed by atoms with Crippen molar-refractivity contribution in [2.75, 3.05) is 24.6 Å². The fourth-order valence-corrected chi connectivity index (χ4v) is 2.27. The number of piperidine rings is 1. The molecule has 0 radical (unpaired) electrons. The molecule has 0 N–H and O–H groups in total. The maximum atomic E-state index is 12.6. The Morgan fingerprint density at radius 3 is 3.16 bits per heavy atom. The minimum absolute atomic E-state index is 0.127. The topological polar surface area (TPSA) is 55.3 Å². The second kappa shape index (κ2) is 6.45. The molecule has 104 valence electrons. The minimum atomic E-state index is -0.606. The minimum Gasteiger partial charge on any atom is -0.466 e. The Bertz CT molecular complexity index is 442. The molecule has 19 heavy (non-hydrogen) atoms. The van der Waals surface area contributed by atoms with Crippen LogP contribution in [0.25, 0.3) is 0 Å². The van der Waals surface area contributed by atoms with E-state index in [-0.39, 0.29) is 11.9 Å². The first-order chi connectivity index (χ1) is 9.24. The molecule has 1 unspecified atom stereocenters. The number of nitrogens with zero attached hydrogens (tertiary/aromatic N) is 3. The molecule has 1 aromatic heterocycles. The lowest BCUT2D eigenvalue weighted by atomic mass is 9.98. The van der Waals surface area contributed by atoms with Crippen molar-refractivity contribution in [2.45, 2.75) is 26.4 Å². The van der Waals surface area contributed by atoms with Crippen molar-refractivity contribution in [3.05, 3.63) is 18.1 Å². The monoisotopic (exact) mass is 267 g/mol. The Morgan fingerprint density at radius 1 is 1.58 bits per heavy atom. The van der Waals surface area contributed by atoms with E-state index >= 15 is 0 Å². The molecule has 1 aliphatic rings. The van der Waals surface area contributed by atoms with Crippen LogP contribution < -0.4 is 4.90 Å². The van der Waals surface area contributed by atoms with Crippen molar-refractivity contribution in [2.24, 2.45) is 5.92 Å². The van der Waals surface area contributed by atoms with Crippen LogP contribution in [-0.2, 0) is 16.2 Å². The molecule has 0 aromatic carbocycles. The van der Waals surface area contributed by atoms with E-state index in [2.05, 4.69) is 9.97 Å². The van der Waals surface area contributed by atoms with Gasteiger partial charge in [0.05, 0.1) is 18.2 Å². The zero-order valence-corrected chi connectivity index (χ0v) is 11.0. The maximum absolute atomic E-state index is 12.6. The van der Waals surface area contributed by atoms with Crippen LogP contribution in [0, 0.1) is 5.92 Å². The lowest BCUT2D eigenvalue weighted by Crippen LogP contribution is -2.39. The molecule has 2 heterocycles. The predicted octanol–water partition coefficient (Wildman–Crippen LogP) is 1.73. The molecule has 1 fully saturated rings. The number of rotatable bonds is 4. The third kappa shape index (κ3) is 3.39. The average Bonchev–Trinajstić information content (AvgIpc) is 2.48. The van der Waals surface area contributed by atoms with Gasteiger partial charge in [0, 0.05) is 19.2 Å². The van der Waals surface area contributed by atoms with Crippen molar-refractivity contribution in [1.29, 1.82) is 0 Å². The van der Waals surface area contributed by atoms with Gasteiger partial charge >= 0.3 is 5.97 Å². The normalized spacial score (nSPS) is 19.3. The molecule has 0 amide bonds. The third-order valence-electron chi connectivity index (χ3n) is 3.21. The highest BCUT2D eigenvalue weighted by atomic mass is 19.1. The van der Waals surface area contributed by atoms with Gasteiger partial charge < -0.3 is 9.64 Å². The van der Waals surface area contributed by atoms with Gasteiger partial charge in [-0.15, -0.1) is 0 Å². The number of ether oxygens (including phenoxy) is 1. The number of aromatic nitrogens is 2. The lowest BCUT2D eigenvalue weighted by molar-refractivity contribution is -0.148. The van der Waals surface area contributed by atoms with Gasteiger partial charge in [0.15, 0.2) is 0 Å². The highest BCUT2D eigenvalue weighted by Gasteiger charge is 2.27. The summed E-state index contributed by atoms with van der Waals surface area (Å²) < 4.78 is 17.6. The Morgan fingerprint density at radius 2 is 2.42 bits per heavy atom. The molecule has 0 aliphatic carbocycles. The fraction of sp³-hybridized carbons (Fsp3) is 0.615. The van der Waals surface area contributed by atoms with Gasteiger partial charge in [-0.3, -0.25) is 4.79 Å². The van der Waals surface area contributed by atoms with E-state index in [1.165, 1.54) is 6.33 Å². The fourth-order valence-electron chi connectivity index (χ4n) is 2.27. The number of alkyl halides is 1. The van der Waals surface area contributed by atoms with Crippen LogP contribution in [0.1, 0.15) is 25.5 Å². The molecule has 1 saturated heterocycles. The van der Waals surface area contributed by atoms with Crippen LogP contribution in [-0.4, -0.2) is 35.6 Å². The number of halogens is 1. The summed E-state index contributed by atoms with van der Waals surface area (Å²) in [5, 5.41) is 0. The van der Waals surface area contributed by atoms with E-state index in [0.717, 1.165) is 19.4 Å². The van der Waals surface area contributed by atoms with Crippen LogP contribution in [0.2, 0.25) is 0 Å². The first-order valence-corrected chi connectivity index (χ1v) is 6.53. The summed E-state index contributed by atoms with van der Waals surface area (Å²) in [5.41, 5.74) is 0.364. The van der Waals surface area contributed by atoms with Gasteiger partial charge in [-0.05, 0) is 19.8 Å². The van der Waals surface area contributed by atoms with Crippen molar-refractivity contribution in [3.8, 4) is 0 Å². The van der Waals surface area contributed by atoms with E-state index in [0.29, 0.717) is 24.7 Å². The van der Waals surface area contributed by atoms with Crippen LogP contribution in [0.5, 0.6) is 0 Å². The zero-order chi connectivity index (χ0) is 13.7. The van der Waals surface area contributed by atoms with Crippen molar-refractivity contribution in [3.63, 3.8) is 0 Å². The summed E-state index contributed by atoms with van der Waals surface area (Å²) >= 11 is 0. The largest absolute Gasteiger partial charge is 0.466 e.